The third-order valence-electron chi connectivity index (χ3n) is 3.95. The average Bonchev–Trinajstić information content (AvgIpc) is 2.97. The summed E-state index contributed by atoms with van der Waals surface area (Å²) in [5, 5.41) is 5.41. The van der Waals surface area contributed by atoms with Crippen LogP contribution in [0.1, 0.15) is 0 Å². The molecule has 0 bridgehead atoms. The van der Waals surface area contributed by atoms with Crippen molar-refractivity contribution in [2.75, 3.05) is 19.5 Å². The number of pyridine rings is 1. The minimum Gasteiger partial charge on any atom is -0.480 e. The summed E-state index contributed by atoms with van der Waals surface area (Å²) in [7, 11) is 0.439. The largest absolute Gasteiger partial charge is 0.480 e. The third-order valence-corrected chi connectivity index (χ3v) is 5.66. The summed E-state index contributed by atoms with van der Waals surface area (Å²) in [4.78, 5) is 12.6. The summed E-state index contributed by atoms with van der Waals surface area (Å²) in [6.45, 7) is 8.00. The maximum atomic E-state index is 5.85. The SMILES string of the molecule is COc1ncnc2c1c(-c1ccnc(N)c1)nn2COCC[Si](C)(C)C. The molecule has 0 saturated heterocycles. The van der Waals surface area contributed by atoms with Crippen LogP contribution in [-0.2, 0) is 11.5 Å². The van der Waals surface area contributed by atoms with Crippen molar-refractivity contribution in [3.05, 3.63) is 24.7 Å². The zero-order valence-corrected chi connectivity index (χ0v) is 16.6. The Balaban J connectivity index is 1.97. The minimum atomic E-state index is -1.14. The lowest BCUT2D eigenvalue weighted by Gasteiger charge is -2.15. The molecule has 0 unspecified atom stereocenters. The molecule has 9 heteroatoms. The number of fused-ring (bicyclic) bond motifs is 1. The molecule has 3 rings (SSSR count). The summed E-state index contributed by atoms with van der Waals surface area (Å²) >= 11 is 0. The number of methoxy groups -OCH3 is 1. The molecule has 3 aromatic heterocycles. The minimum absolute atomic E-state index is 0.321. The second-order valence-corrected chi connectivity index (χ2v) is 12.9. The third kappa shape index (κ3) is 4.00. The van der Waals surface area contributed by atoms with E-state index in [0.717, 1.165) is 17.0 Å². The highest BCUT2D eigenvalue weighted by molar-refractivity contribution is 6.76. The van der Waals surface area contributed by atoms with Crippen molar-refractivity contribution in [2.24, 2.45) is 0 Å². The lowest BCUT2D eigenvalue weighted by Crippen LogP contribution is -2.22. The molecule has 138 valence electrons. The Morgan fingerprint density at radius 1 is 1.19 bits per heavy atom. The molecular weight excluding hydrogens is 348 g/mol. The number of hydrogen-bond donors (Lipinski definition) is 1. The molecule has 0 aliphatic carbocycles. The van der Waals surface area contributed by atoms with Gasteiger partial charge in [0.15, 0.2) is 5.65 Å². The van der Waals surface area contributed by atoms with Crippen molar-refractivity contribution in [1.29, 1.82) is 0 Å². The van der Waals surface area contributed by atoms with Gasteiger partial charge < -0.3 is 15.2 Å². The molecule has 26 heavy (non-hydrogen) atoms. The molecule has 3 heterocycles. The van der Waals surface area contributed by atoms with Gasteiger partial charge in [0.1, 0.15) is 30.0 Å². The summed E-state index contributed by atoms with van der Waals surface area (Å²) in [6.07, 6.45) is 3.11. The highest BCUT2D eigenvalue weighted by Crippen LogP contribution is 2.32. The molecule has 0 spiro atoms. The molecule has 0 radical (unpaired) electrons. The Morgan fingerprint density at radius 3 is 2.69 bits per heavy atom. The first kappa shape index (κ1) is 18.3. The second kappa shape index (κ2) is 7.38. The molecule has 0 aromatic carbocycles. The zero-order chi connectivity index (χ0) is 18.7. The number of nitrogens with two attached hydrogens (primary N) is 1. The van der Waals surface area contributed by atoms with Crippen LogP contribution in [0, 0.1) is 0 Å². The van der Waals surface area contributed by atoms with Crippen molar-refractivity contribution >= 4 is 24.9 Å². The molecule has 3 aromatic rings. The number of ether oxygens (including phenoxy) is 2. The van der Waals surface area contributed by atoms with Gasteiger partial charge in [-0.25, -0.2) is 19.6 Å². The normalized spacial score (nSPS) is 11.8. The number of hydrogen-bond acceptors (Lipinski definition) is 7. The number of nitrogens with zero attached hydrogens (tertiary/aromatic N) is 5. The van der Waals surface area contributed by atoms with E-state index in [2.05, 4.69) is 39.7 Å². The lowest BCUT2D eigenvalue weighted by atomic mass is 10.1. The monoisotopic (exact) mass is 372 g/mol. The zero-order valence-electron chi connectivity index (χ0n) is 15.6. The Kier molecular flexibility index (Phi) is 5.19. The number of rotatable bonds is 7. The number of aromatic nitrogens is 5. The number of nitrogen functional groups attached to an aromatic ring is 1. The molecule has 0 saturated carbocycles. The first-order chi connectivity index (χ1) is 12.4. The first-order valence-electron chi connectivity index (χ1n) is 8.44. The topological polar surface area (TPSA) is 101 Å². The van der Waals surface area contributed by atoms with Gasteiger partial charge in [0.05, 0.1) is 7.11 Å². The van der Waals surface area contributed by atoms with Gasteiger partial charge in [0.2, 0.25) is 5.88 Å². The van der Waals surface area contributed by atoms with Gasteiger partial charge >= 0.3 is 0 Å². The molecule has 0 aliphatic heterocycles. The van der Waals surface area contributed by atoms with Crippen molar-refractivity contribution in [3.8, 4) is 17.1 Å². The maximum Gasteiger partial charge on any atom is 0.228 e. The highest BCUT2D eigenvalue weighted by Gasteiger charge is 2.19. The molecule has 0 atom stereocenters. The van der Waals surface area contributed by atoms with E-state index in [1.807, 2.05) is 6.07 Å². The molecule has 2 N–H and O–H groups in total. The summed E-state index contributed by atoms with van der Waals surface area (Å²) in [6, 6.07) is 4.71. The molecule has 0 aliphatic rings. The average molecular weight is 373 g/mol. The predicted molar refractivity (Wildman–Crippen MR) is 104 cm³/mol. The van der Waals surface area contributed by atoms with Gasteiger partial charge in [-0.15, -0.1) is 0 Å². The fraction of sp³-hybridized carbons (Fsp3) is 0.412. The Hall–Kier alpha value is -2.52. The van der Waals surface area contributed by atoms with Crippen molar-refractivity contribution in [3.63, 3.8) is 0 Å². The first-order valence-corrected chi connectivity index (χ1v) is 12.1. The fourth-order valence-electron chi connectivity index (χ4n) is 2.55. The maximum absolute atomic E-state index is 5.85. The predicted octanol–water partition coefficient (Wildman–Crippen LogP) is 2.79. The van der Waals surface area contributed by atoms with Crippen LogP contribution in [0.5, 0.6) is 5.88 Å². The van der Waals surface area contributed by atoms with Crippen LogP contribution in [0.3, 0.4) is 0 Å². The summed E-state index contributed by atoms with van der Waals surface area (Å²) in [5.74, 6) is 0.890. The van der Waals surface area contributed by atoms with E-state index >= 15 is 0 Å². The van der Waals surface area contributed by atoms with Gasteiger partial charge in [0, 0.05) is 26.4 Å². The second-order valence-electron chi connectivity index (χ2n) is 7.25. The van der Waals surface area contributed by atoms with Crippen LogP contribution in [-0.4, -0.2) is 46.5 Å². The lowest BCUT2D eigenvalue weighted by molar-refractivity contribution is 0.0814. The van der Waals surface area contributed by atoms with E-state index in [-0.39, 0.29) is 0 Å². The van der Waals surface area contributed by atoms with Crippen LogP contribution in [0.4, 0.5) is 5.82 Å². The van der Waals surface area contributed by atoms with Crippen molar-refractivity contribution < 1.29 is 9.47 Å². The van der Waals surface area contributed by atoms with Gasteiger partial charge in [-0.3, -0.25) is 0 Å². The van der Waals surface area contributed by atoms with E-state index in [1.54, 1.807) is 24.1 Å². The van der Waals surface area contributed by atoms with Gasteiger partial charge in [-0.05, 0) is 18.2 Å². The van der Waals surface area contributed by atoms with Crippen LogP contribution < -0.4 is 10.5 Å². The fourth-order valence-corrected chi connectivity index (χ4v) is 3.31. The van der Waals surface area contributed by atoms with Crippen LogP contribution in [0.15, 0.2) is 24.7 Å². The van der Waals surface area contributed by atoms with Gasteiger partial charge in [-0.2, -0.15) is 5.10 Å². The Labute approximate surface area is 153 Å². The molecule has 0 amide bonds. The highest BCUT2D eigenvalue weighted by atomic mass is 28.3. The molecule has 8 nitrogen and oxygen atoms in total. The smallest absolute Gasteiger partial charge is 0.228 e. The Morgan fingerprint density at radius 2 is 2.00 bits per heavy atom. The van der Waals surface area contributed by atoms with E-state index < -0.39 is 8.07 Å². The van der Waals surface area contributed by atoms with E-state index in [0.29, 0.717) is 36.4 Å². The van der Waals surface area contributed by atoms with Crippen molar-refractivity contribution in [2.45, 2.75) is 32.4 Å². The van der Waals surface area contributed by atoms with Gasteiger partial charge in [-0.1, -0.05) is 19.6 Å². The molecule has 0 fully saturated rings. The van der Waals surface area contributed by atoms with E-state index in [9.17, 15) is 0 Å². The van der Waals surface area contributed by atoms with E-state index in [4.69, 9.17) is 15.2 Å². The van der Waals surface area contributed by atoms with Crippen LogP contribution in [0.25, 0.3) is 22.3 Å². The summed E-state index contributed by atoms with van der Waals surface area (Å²) in [5.41, 5.74) is 8.01. The van der Waals surface area contributed by atoms with Gasteiger partial charge in [0.25, 0.3) is 0 Å². The number of anilines is 1. The van der Waals surface area contributed by atoms with Crippen LogP contribution in [0.2, 0.25) is 25.7 Å². The molecular formula is C17H24N6O2Si. The summed E-state index contributed by atoms with van der Waals surface area (Å²) < 4.78 is 13.0. The van der Waals surface area contributed by atoms with Crippen LogP contribution >= 0.6 is 0 Å². The van der Waals surface area contributed by atoms with Crippen molar-refractivity contribution in [1.82, 2.24) is 24.7 Å². The standard InChI is InChI=1S/C17H24N6O2Si/c1-24-17-14-15(12-5-6-19-13(18)9-12)22-23(16(14)20-10-21-17)11-25-7-8-26(2,3)4/h5-6,9-10H,7-8,11H2,1-4H3,(H2,18,19). The Bertz CT molecular complexity index is 906. The quantitative estimate of drug-likeness (QED) is 0.502. The van der Waals surface area contributed by atoms with E-state index in [1.165, 1.54) is 6.33 Å².